The summed E-state index contributed by atoms with van der Waals surface area (Å²) in [7, 11) is 0. The molecule has 0 fully saturated rings. The Morgan fingerprint density at radius 3 is 1.91 bits per heavy atom. The average Bonchev–Trinajstić information content (AvgIpc) is 3.38. The van der Waals surface area contributed by atoms with Crippen LogP contribution in [0, 0.1) is 0 Å². The molecule has 0 radical (unpaired) electrons. The van der Waals surface area contributed by atoms with Crippen LogP contribution in [0.3, 0.4) is 0 Å². The van der Waals surface area contributed by atoms with Gasteiger partial charge in [-0.3, -0.25) is 0 Å². The lowest BCUT2D eigenvalue weighted by Crippen LogP contribution is -2.15. The highest BCUT2D eigenvalue weighted by Crippen LogP contribution is 2.57. The molecule has 0 spiro atoms. The van der Waals surface area contributed by atoms with E-state index in [4.69, 9.17) is 0 Å². The van der Waals surface area contributed by atoms with Gasteiger partial charge in [0.05, 0.1) is 5.52 Å². The van der Waals surface area contributed by atoms with Crippen molar-refractivity contribution in [3.63, 3.8) is 0 Å². The second-order valence-corrected chi connectivity index (χ2v) is 10.2. The number of nitrogens with one attached hydrogen (secondary N) is 1. The standard InChI is InChI=1S/C33H23N/c1-33(2)25-17-9-7-15-23(25)27-19-11-3-4-12-20(19)28-29(31(27)33)21-13-5-6-14-22(21)32-30(28)24-16-8-10-18-26(24)34-32/h3-18,34H,1-2H3. The molecular formula is C33H23N. The maximum absolute atomic E-state index is 3.78. The topological polar surface area (TPSA) is 15.8 Å². The van der Waals surface area contributed by atoms with E-state index in [9.17, 15) is 0 Å². The van der Waals surface area contributed by atoms with Crippen molar-refractivity contribution < 1.29 is 0 Å². The fourth-order valence-corrected chi connectivity index (χ4v) is 6.78. The van der Waals surface area contributed by atoms with Gasteiger partial charge < -0.3 is 4.98 Å². The van der Waals surface area contributed by atoms with Crippen molar-refractivity contribution in [2.24, 2.45) is 0 Å². The number of hydrogen-bond acceptors (Lipinski definition) is 0. The van der Waals surface area contributed by atoms with Crippen molar-refractivity contribution in [3.05, 3.63) is 108 Å². The molecule has 0 saturated heterocycles. The number of benzene rings is 6. The Balaban J connectivity index is 1.81. The number of rotatable bonds is 0. The second kappa shape index (κ2) is 6.07. The lowest BCUT2D eigenvalue weighted by atomic mass is 9.77. The molecule has 1 N–H and O–H groups in total. The Bertz CT molecular complexity index is 1980. The van der Waals surface area contributed by atoms with E-state index in [-0.39, 0.29) is 5.41 Å². The molecule has 0 bridgehead atoms. The lowest BCUT2D eigenvalue weighted by molar-refractivity contribution is 0.667. The summed E-state index contributed by atoms with van der Waals surface area (Å²) in [6.07, 6.45) is 0. The van der Waals surface area contributed by atoms with E-state index < -0.39 is 0 Å². The smallest absolute Gasteiger partial charge is 0.0551 e. The van der Waals surface area contributed by atoms with Crippen LogP contribution in [0.15, 0.2) is 97.1 Å². The predicted octanol–water partition coefficient (Wildman–Crippen LogP) is 9.09. The Labute approximate surface area is 197 Å². The minimum Gasteiger partial charge on any atom is -0.354 e. The highest BCUT2D eigenvalue weighted by atomic mass is 14.7. The highest BCUT2D eigenvalue weighted by Gasteiger charge is 2.39. The molecule has 6 aromatic carbocycles. The summed E-state index contributed by atoms with van der Waals surface area (Å²) >= 11 is 0. The first-order valence-corrected chi connectivity index (χ1v) is 12.1. The van der Waals surface area contributed by atoms with E-state index >= 15 is 0 Å². The largest absolute Gasteiger partial charge is 0.354 e. The predicted molar refractivity (Wildman–Crippen MR) is 146 cm³/mol. The third-order valence-corrected chi connectivity index (χ3v) is 8.13. The van der Waals surface area contributed by atoms with Crippen molar-refractivity contribution >= 4 is 54.1 Å². The van der Waals surface area contributed by atoms with Crippen LogP contribution in [0.5, 0.6) is 0 Å². The summed E-state index contributed by atoms with van der Waals surface area (Å²) in [5, 5.41) is 10.7. The van der Waals surface area contributed by atoms with Gasteiger partial charge in [0.2, 0.25) is 0 Å². The van der Waals surface area contributed by atoms with Gasteiger partial charge in [-0.05, 0) is 49.9 Å². The van der Waals surface area contributed by atoms with Crippen molar-refractivity contribution in [2.75, 3.05) is 0 Å². The molecule has 34 heavy (non-hydrogen) atoms. The summed E-state index contributed by atoms with van der Waals surface area (Å²) in [5.74, 6) is 0. The summed E-state index contributed by atoms with van der Waals surface area (Å²) in [6.45, 7) is 4.81. The molecule has 1 aliphatic rings. The van der Waals surface area contributed by atoms with Gasteiger partial charge in [0.25, 0.3) is 0 Å². The molecule has 7 aromatic rings. The normalized spacial score (nSPS) is 14.4. The van der Waals surface area contributed by atoms with Crippen molar-refractivity contribution in [1.82, 2.24) is 4.98 Å². The van der Waals surface area contributed by atoms with E-state index in [0.29, 0.717) is 0 Å². The highest BCUT2D eigenvalue weighted by molar-refractivity contribution is 6.38. The van der Waals surface area contributed by atoms with Crippen LogP contribution in [0.2, 0.25) is 0 Å². The maximum Gasteiger partial charge on any atom is 0.0551 e. The van der Waals surface area contributed by atoms with Crippen LogP contribution >= 0.6 is 0 Å². The SMILES string of the molecule is CC1(C)c2ccccc2-c2c1c1c3ccccc3c3[nH]c4ccccc4c3c1c1ccccc21. The van der Waals surface area contributed by atoms with Crippen LogP contribution in [0.1, 0.15) is 25.0 Å². The fraction of sp³-hybridized carbons (Fsp3) is 0.0909. The maximum atomic E-state index is 3.78. The van der Waals surface area contributed by atoms with Gasteiger partial charge in [0.1, 0.15) is 0 Å². The first-order valence-electron chi connectivity index (χ1n) is 12.1. The molecule has 0 unspecified atom stereocenters. The van der Waals surface area contributed by atoms with Gasteiger partial charge in [0, 0.05) is 32.5 Å². The number of aromatic amines is 1. The van der Waals surface area contributed by atoms with Crippen LogP contribution < -0.4 is 0 Å². The van der Waals surface area contributed by atoms with Gasteiger partial charge in [-0.15, -0.1) is 0 Å². The zero-order valence-corrected chi connectivity index (χ0v) is 19.2. The lowest BCUT2D eigenvalue weighted by Gasteiger charge is -2.25. The molecule has 8 rings (SSSR count). The van der Waals surface area contributed by atoms with E-state index in [1.807, 2.05) is 0 Å². The molecule has 1 aromatic heterocycles. The van der Waals surface area contributed by atoms with Crippen LogP contribution in [0.25, 0.3) is 65.3 Å². The van der Waals surface area contributed by atoms with E-state index in [1.165, 1.54) is 76.4 Å². The summed E-state index contributed by atoms with van der Waals surface area (Å²) < 4.78 is 0. The average molecular weight is 434 g/mol. The first kappa shape index (κ1) is 18.3. The molecular weight excluding hydrogens is 410 g/mol. The van der Waals surface area contributed by atoms with Crippen molar-refractivity contribution in [1.29, 1.82) is 0 Å². The van der Waals surface area contributed by atoms with Crippen molar-refractivity contribution in [3.8, 4) is 11.1 Å². The minimum absolute atomic E-state index is 0.0865. The Kier molecular flexibility index (Phi) is 3.27. The molecule has 160 valence electrons. The summed E-state index contributed by atoms with van der Waals surface area (Å²) in [4.78, 5) is 3.78. The molecule has 0 saturated carbocycles. The molecule has 0 amide bonds. The van der Waals surface area contributed by atoms with Gasteiger partial charge in [-0.1, -0.05) is 105 Å². The molecule has 1 nitrogen and oxygen atoms in total. The third kappa shape index (κ3) is 2.02. The van der Waals surface area contributed by atoms with E-state index in [2.05, 4.69) is 116 Å². The molecule has 1 aliphatic carbocycles. The van der Waals surface area contributed by atoms with E-state index in [1.54, 1.807) is 0 Å². The molecule has 0 aliphatic heterocycles. The number of hydrogen-bond donors (Lipinski definition) is 1. The summed E-state index contributed by atoms with van der Waals surface area (Å²) in [6, 6.07) is 35.7. The Hall–Kier alpha value is -4.10. The Morgan fingerprint density at radius 2 is 1.12 bits per heavy atom. The minimum atomic E-state index is -0.0865. The van der Waals surface area contributed by atoms with Gasteiger partial charge in [-0.25, -0.2) is 0 Å². The summed E-state index contributed by atoms with van der Waals surface area (Å²) in [5.41, 5.74) is 8.02. The zero-order valence-electron chi connectivity index (χ0n) is 19.2. The van der Waals surface area contributed by atoms with Gasteiger partial charge >= 0.3 is 0 Å². The first-order chi connectivity index (χ1) is 16.7. The number of H-pyrrole nitrogens is 1. The third-order valence-electron chi connectivity index (χ3n) is 8.13. The van der Waals surface area contributed by atoms with Crippen molar-refractivity contribution in [2.45, 2.75) is 19.3 Å². The quantitative estimate of drug-likeness (QED) is 0.230. The number of para-hydroxylation sites is 1. The number of aromatic nitrogens is 1. The monoisotopic (exact) mass is 433 g/mol. The Morgan fingerprint density at radius 1 is 0.529 bits per heavy atom. The molecule has 1 heterocycles. The van der Waals surface area contributed by atoms with Gasteiger partial charge in [0.15, 0.2) is 0 Å². The zero-order chi connectivity index (χ0) is 22.6. The fourth-order valence-electron chi connectivity index (χ4n) is 6.78. The number of fused-ring (bicyclic) bond motifs is 15. The van der Waals surface area contributed by atoms with Gasteiger partial charge in [-0.2, -0.15) is 0 Å². The molecule has 0 atom stereocenters. The van der Waals surface area contributed by atoms with Crippen LogP contribution in [-0.2, 0) is 5.41 Å². The van der Waals surface area contributed by atoms with Crippen LogP contribution in [0.4, 0.5) is 0 Å². The van der Waals surface area contributed by atoms with E-state index in [0.717, 1.165) is 0 Å². The molecule has 1 heteroatoms. The van der Waals surface area contributed by atoms with Crippen LogP contribution in [-0.4, -0.2) is 4.98 Å². The second-order valence-electron chi connectivity index (χ2n) is 10.2.